The zero-order chi connectivity index (χ0) is 19.7. The first-order valence-corrected chi connectivity index (χ1v) is 10.1. The molecule has 28 heavy (non-hydrogen) atoms. The number of aliphatic hydroxyl groups is 1. The van der Waals surface area contributed by atoms with Gasteiger partial charge in [0.2, 0.25) is 0 Å². The van der Waals surface area contributed by atoms with Crippen molar-refractivity contribution < 1.29 is 23.8 Å². The second-order valence-corrected chi connectivity index (χ2v) is 8.12. The second kappa shape index (κ2) is 7.62. The maximum atomic E-state index is 13.6. The number of carbonyl (C=O) groups is 2. The summed E-state index contributed by atoms with van der Waals surface area (Å²) in [4.78, 5) is 27.7. The van der Waals surface area contributed by atoms with Gasteiger partial charge in [-0.05, 0) is 36.8 Å². The predicted octanol–water partition coefficient (Wildman–Crippen LogP) is 2.55. The van der Waals surface area contributed by atoms with Gasteiger partial charge in [-0.3, -0.25) is 9.69 Å². The molecular formula is C20H21FN2O4S. The summed E-state index contributed by atoms with van der Waals surface area (Å²) in [5, 5.41) is 15.0. The van der Waals surface area contributed by atoms with Crippen molar-refractivity contribution >= 4 is 23.3 Å². The van der Waals surface area contributed by atoms with Crippen LogP contribution in [-0.2, 0) is 28.1 Å². The van der Waals surface area contributed by atoms with Gasteiger partial charge in [0.25, 0.3) is 5.91 Å². The number of amides is 3. The maximum Gasteiger partial charge on any atom is 0.325 e. The Morgan fingerprint density at radius 3 is 2.96 bits per heavy atom. The van der Waals surface area contributed by atoms with Gasteiger partial charge in [0, 0.05) is 16.0 Å². The van der Waals surface area contributed by atoms with Crippen molar-refractivity contribution in [1.29, 1.82) is 0 Å². The molecule has 1 fully saturated rings. The van der Waals surface area contributed by atoms with E-state index in [2.05, 4.69) is 5.32 Å². The zero-order valence-corrected chi connectivity index (χ0v) is 16.0. The molecule has 2 N–H and O–H groups in total. The largest absolute Gasteiger partial charge is 0.389 e. The number of ether oxygens (including phenoxy) is 1. The van der Waals surface area contributed by atoms with Gasteiger partial charge in [0.1, 0.15) is 11.4 Å². The van der Waals surface area contributed by atoms with Crippen LogP contribution in [0.4, 0.5) is 9.18 Å². The molecule has 1 aromatic heterocycles. The van der Waals surface area contributed by atoms with Gasteiger partial charge in [0.05, 0.1) is 25.9 Å². The Kier molecular flexibility index (Phi) is 5.18. The minimum absolute atomic E-state index is 0.00603. The summed E-state index contributed by atoms with van der Waals surface area (Å²) in [7, 11) is 0. The molecule has 2 aromatic rings. The average molecular weight is 404 g/mol. The number of fused-ring (bicyclic) bond motifs is 2. The number of thiophene rings is 1. The van der Waals surface area contributed by atoms with Gasteiger partial charge < -0.3 is 15.2 Å². The first kappa shape index (κ1) is 19.0. The molecule has 0 bridgehead atoms. The van der Waals surface area contributed by atoms with Crippen molar-refractivity contribution in [3.05, 3.63) is 57.5 Å². The molecule has 1 aromatic carbocycles. The van der Waals surface area contributed by atoms with Crippen LogP contribution in [0.25, 0.3) is 0 Å². The highest BCUT2D eigenvalue weighted by molar-refractivity contribution is 7.10. The third-order valence-electron chi connectivity index (χ3n) is 5.26. The Hall–Kier alpha value is -2.29. The summed E-state index contributed by atoms with van der Waals surface area (Å²) in [5.74, 6) is -0.707. The molecule has 1 saturated heterocycles. The third-order valence-corrected chi connectivity index (χ3v) is 6.24. The van der Waals surface area contributed by atoms with Crippen LogP contribution in [0.1, 0.15) is 28.8 Å². The molecule has 2 atom stereocenters. The van der Waals surface area contributed by atoms with Crippen LogP contribution in [0, 0.1) is 5.82 Å². The highest BCUT2D eigenvalue weighted by atomic mass is 32.1. The molecule has 1 spiro atoms. The maximum absolute atomic E-state index is 13.6. The molecule has 0 radical (unpaired) electrons. The number of nitrogens with zero attached hydrogens (tertiary/aromatic N) is 1. The summed E-state index contributed by atoms with van der Waals surface area (Å²) < 4.78 is 19.0. The van der Waals surface area contributed by atoms with E-state index in [0.29, 0.717) is 12.0 Å². The van der Waals surface area contributed by atoms with E-state index in [0.717, 1.165) is 28.2 Å². The SMILES string of the molecule is O=C1N[C@]2(CCCc3sccc32)C(=O)N1C[C@H](O)COCc1ccccc1F. The molecule has 8 heteroatoms. The van der Waals surface area contributed by atoms with E-state index in [1.165, 1.54) is 6.07 Å². The number of urea groups is 1. The molecule has 6 nitrogen and oxygen atoms in total. The van der Waals surface area contributed by atoms with Crippen LogP contribution in [0.15, 0.2) is 35.7 Å². The highest BCUT2D eigenvalue weighted by Crippen LogP contribution is 2.42. The minimum Gasteiger partial charge on any atom is -0.389 e. The fraction of sp³-hybridized carbons (Fsp3) is 0.400. The molecule has 2 heterocycles. The Labute approximate surface area is 165 Å². The topological polar surface area (TPSA) is 78.9 Å². The number of nitrogens with one attached hydrogen (secondary N) is 1. The monoisotopic (exact) mass is 404 g/mol. The van der Waals surface area contributed by atoms with E-state index in [4.69, 9.17) is 4.74 Å². The van der Waals surface area contributed by atoms with Gasteiger partial charge in [-0.2, -0.15) is 0 Å². The summed E-state index contributed by atoms with van der Waals surface area (Å²) in [6.07, 6.45) is 1.23. The van der Waals surface area contributed by atoms with E-state index >= 15 is 0 Å². The average Bonchev–Trinajstić information content (AvgIpc) is 3.24. The lowest BCUT2D eigenvalue weighted by Gasteiger charge is -2.31. The highest BCUT2D eigenvalue weighted by Gasteiger charge is 2.54. The first-order valence-electron chi connectivity index (χ1n) is 9.21. The quantitative estimate of drug-likeness (QED) is 0.726. The van der Waals surface area contributed by atoms with Crippen LogP contribution in [0.5, 0.6) is 0 Å². The number of benzene rings is 1. The number of rotatable bonds is 6. The number of aryl methyl sites for hydroxylation is 1. The number of halogens is 1. The molecule has 148 valence electrons. The van der Waals surface area contributed by atoms with Gasteiger partial charge in [-0.15, -0.1) is 11.3 Å². The minimum atomic E-state index is -1.05. The molecule has 2 aliphatic rings. The Balaban J connectivity index is 1.38. The summed E-state index contributed by atoms with van der Waals surface area (Å²) in [6.45, 7) is -0.267. The van der Waals surface area contributed by atoms with Crippen molar-refractivity contribution in [2.24, 2.45) is 0 Å². The Morgan fingerprint density at radius 1 is 1.32 bits per heavy atom. The van der Waals surface area contributed by atoms with Crippen LogP contribution in [0.2, 0.25) is 0 Å². The third kappa shape index (κ3) is 3.32. The van der Waals surface area contributed by atoms with Crippen molar-refractivity contribution in [2.75, 3.05) is 13.2 Å². The molecule has 1 aliphatic carbocycles. The fourth-order valence-corrected chi connectivity index (χ4v) is 4.89. The first-order chi connectivity index (χ1) is 13.5. The summed E-state index contributed by atoms with van der Waals surface area (Å²) in [5.41, 5.74) is 0.240. The summed E-state index contributed by atoms with van der Waals surface area (Å²) >= 11 is 1.59. The van der Waals surface area contributed by atoms with Gasteiger partial charge >= 0.3 is 6.03 Å². The lowest BCUT2D eigenvalue weighted by Crippen LogP contribution is -2.46. The van der Waals surface area contributed by atoms with Crippen LogP contribution < -0.4 is 5.32 Å². The van der Waals surface area contributed by atoms with E-state index in [1.54, 1.807) is 29.5 Å². The lowest BCUT2D eigenvalue weighted by atomic mass is 9.80. The standard InChI is InChI=1S/C20H21FN2O4S/c21-16-5-2-1-4-13(16)11-27-12-14(24)10-23-18(25)20(22-19(23)26)8-3-6-17-15(20)7-9-28-17/h1-2,4-5,7,9,14,24H,3,6,8,10-12H2,(H,22,26)/t14-,20-/m0/s1. The summed E-state index contributed by atoms with van der Waals surface area (Å²) in [6, 6.07) is 7.63. The van der Waals surface area contributed by atoms with E-state index in [-0.39, 0.29) is 31.5 Å². The number of β-amino-alcohol motifs (C(OH)–C–C–N with tert-alkyl or cyclic N) is 1. The molecule has 0 saturated carbocycles. The lowest BCUT2D eigenvalue weighted by molar-refractivity contribution is -0.133. The van der Waals surface area contributed by atoms with E-state index in [9.17, 15) is 19.1 Å². The van der Waals surface area contributed by atoms with Crippen molar-refractivity contribution in [3.8, 4) is 0 Å². The molecule has 1 aliphatic heterocycles. The molecule has 0 unspecified atom stereocenters. The van der Waals surface area contributed by atoms with E-state index < -0.39 is 17.7 Å². The van der Waals surface area contributed by atoms with Crippen LogP contribution >= 0.6 is 11.3 Å². The smallest absolute Gasteiger partial charge is 0.325 e. The van der Waals surface area contributed by atoms with Gasteiger partial charge in [0.15, 0.2) is 0 Å². The zero-order valence-electron chi connectivity index (χ0n) is 15.2. The number of carbonyl (C=O) groups excluding carboxylic acids is 2. The Morgan fingerprint density at radius 2 is 2.14 bits per heavy atom. The van der Waals surface area contributed by atoms with Gasteiger partial charge in [-0.1, -0.05) is 18.2 Å². The Bertz CT molecular complexity index is 902. The number of hydrogen-bond donors (Lipinski definition) is 2. The van der Waals surface area contributed by atoms with Crippen LogP contribution in [-0.4, -0.2) is 41.2 Å². The number of aliphatic hydroxyl groups excluding tert-OH is 1. The predicted molar refractivity (Wildman–Crippen MR) is 101 cm³/mol. The van der Waals surface area contributed by atoms with E-state index in [1.807, 2.05) is 11.4 Å². The molecule has 4 rings (SSSR count). The van der Waals surface area contributed by atoms with Crippen LogP contribution in [0.3, 0.4) is 0 Å². The number of hydrogen-bond acceptors (Lipinski definition) is 5. The number of imide groups is 1. The van der Waals surface area contributed by atoms with Crippen molar-refractivity contribution in [2.45, 2.75) is 37.5 Å². The second-order valence-electron chi connectivity index (χ2n) is 7.12. The molecule has 3 amide bonds. The normalized spacial score (nSPS) is 22.4. The molecular weight excluding hydrogens is 383 g/mol. The van der Waals surface area contributed by atoms with Crippen molar-refractivity contribution in [1.82, 2.24) is 10.2 Å². The fourth-order valence-electron chi connectivity index (χ4n) is 3.89. The van der Waals surface area contributed by atoms with Gasteiger partial charge in [-0.25, -0.2) is 9.18 Å². The van der Waals surface area contributed by atoms with Crippen molar-refractivity contribution in [3.63, 3.8) is 0 Å².